The molecule has 0 bridgehead atoms. The predicted molar refractivity (Wildman–Crippen MR) is 95.4 cm³/mol. The number of fused-ring (bicyclic) bond motifs is 1. The molecule has 0 saturated carbocycles. The Morgan fingerprint density at radius 3 is 2.96 bits per heavy atom. The quantitative estimate of drug-likeness (QED) is 0.774. The molecule has 0 spiro atoms. The van der Waals surface area contributed by atoms with Gasteiger partial charge in [-0.1, -0.05) is 30.2 Å². The Balaban J connectivity index is 1.76. The van der Waals surface area contributed by atoms with Crippen LogP contribution < -0.4 is 0 Å². The Morgan fingerprint density at radius 1 is 1.50 bits per heavy atom. The zero-order valence-corrected chi connectivity index (χ0v) is 15.4. The maximum Gasteiger partial charge on any atom is 0.190 e. The van der Waals surface area contributed by atoms with Crippen molar-refractivity contribution in [3.63, 3.8) is 0 Å². The Hall–Kier alpha value is -1.35. The summed E-state index contributed by atoms with van der Waals surface area (Å²) in [5, 5.41) is 9.90. The van der Waals surface area contributed by atoms with Gasteiger partial charge < -0.3 is 9.84 Å². The van der Waals surface area contributed by atoms with E-state index < -0.39 is 6.10 Å². The fourth-order valence-corrected chi connectivity index (χ4v) is 4.44. The number of rotatable bonds is 4. The SMILES string of the molecule is CC(C)=CCC[C@H](C)C1=CC[C@]2(C)OC3=C(C[C@H]12)C(=O)[C@H](O)CC3. The molecular formula is C21H30O3. The van der Waals surface area contributed by atoms with Gasteiger partial charge in [0.05, 0.1) is 0 Å². The summed E-state index contributed by atoms with van der Waals surface area (Å²) in [7, 11) is 0. The lowest BCUT2D eigenvalue weighted by Gasteiger charge is -2.43. The van der Waals surface area contributed by atoms with Gasteiger partial charge >= 0.3 is 0 Å². The van der Waals surface area contributed by atoms with Crippen LogP contribution in [0, 0.1) is 11.8 Å². The normalized spacial score (nSPS) is 33.4. The van der Waals surface area contributed by atoms with Crippen LogP contribution >= 0.6 is 0 Å². The molecule has 1 heterocycles. The van der Waals surface area contributed by atoms with Crippen molar-refractivity contribution in [3.8, 4) is 0 Å². The third-order valence-corrected chi connectivity index (χ3v) is 5.95. The Bertz CT molecular complexity index is 621. The number of hydrogen-bond donors (Lipinski definition) is 1. The first-order valence-electron chi connectivity index (χ1n) is 9.28. The summed E-state index contributed by atoms with van der Waals surface area (Å²) >= 11 is 0. The van der Waals surface area contributed by atoms with Gasteiger partial charge in [0.2, 0.25) is 0 Å². The second-order valence-corrected chi connectivity index (χ2v) is 8.16. The second kappa shape index (κ2) is 6.51. The molecule has 0 radical (unpaired) electrons. The molecular weight excluding hydrogens is 300 g/mol. The van der Waals surface area contributed by atoms with Crippen LogP contribution in [0.5, 0.6) is 0 Å². The average molecular weight is 330 g/mol. The fourth-order valence-electron chi connectivity index (χ4n) is 4.44. The van der Waals surface area contributed by atoms with E-state index in [0.717, 1.165) is 37.0 Å². The van der Waals surface area contributed by atoms with Crippen LogP contribution in [0.3, 0.4) is 0 Å². The number of ketones is 1. The number of aliphatic hydroxyl groups is 1. The molecule has 0 aromatic carbocycles. The van der Waals surface area contributed by atoms with Crippen LogP contribution in [0.4, 0.5) is 0 Å². The maximum atomic E-state index is 12.4. The maximum absolute atomic E-state index is 12.4. The molecule has 3 nitrogen and oxygen atoms in total. The third kappa shape index (κ3) is 3.11. The van der Waals surface area contributed by atoms with E-state index in [2.05, 4.69) is 39.8 Å². The van der Waals surface area contributed by atoms with Crippen molar-refractivity contribution in [1.82, 2.24) is 0 Å². The van der Waals surface area contributed by atoms with E-state index in [0.29, 0.717) is 18.8 Å². The highest BCUT2D eigenvalue weighted by atomic mass is 16.5. The van der Waals surface area contributed by atoms with Crippen LogP contribution in [-0.2, 0) is 9.53 Å². The number of hydrogen-bond acceptors (Lipinski definition) is 3. The van der Waals surface area contributed by atoms with E-state index in [1.807, 2.05) is 0 Å². The average Bonchev–Trinajstić information content (AvgIpc) is 2.85. The molecule has 24 heavy (non-hydrogen) atoms. The van der Waals surface area contributed by atoms with E-state index in [1.165, 1.54) is 11.1 Å². The van der Waals surface area contributed by atoms with Crippen molar-refractivity contribution in [3.05, 3.63) is 34.6 Å². The lowest BCUT2D eigenvalue weighted by molar-refractivity contribution is -0.127. The Labute approximate surface area is 145 Å². The number of Topliss-reactive ketones (excluding diaryl/α,β-unsaturated/α-hetero) is 1. The van der Waals surface area contributed by atoms with Crippen molar-refractivity contribution < 1.29 is 14.6 Å². The lowest BCUT2D eigenvalue weighted by atomic mass is 9.74. The third-order valence-electron chi connectivity index (χ3n) is 5.95. The first-order valence-corrected chi connectivity index (χ1v) is 9.28. The number of carbonyl (C=O) groups excluding carboxylic acids is 1. The second-order valence-electron chi connectivity index (χ2n) is 8.16. The largest absolute Gasteiger partial charge is 0.491 e. The molecule has 3 aliphatic rings. The van der Waals surface area contributed by atoms with E-state index >= 15 is 0 Å². The Morgan fingerprint density at radius 2 is 2.25 bits per heavy atom. The summed E-state index contributed by atoms with van der Waals surface area (Å²) in [4.78, 5) is 12.4. The molecule has 0 unspecified atom stereocenters. The lowest BCUT2D eigenvalue weighted by Crippen LogP contribution is -2.43. The van der Waals surface area contributed by atoms with Crippen molar-refractivity contribution >= 4 is 5.78 Å². The van der Waals surface area contributed by atoms with E-state index in [1.54, 1.807) is 0 Å². The molecule has 132 valence electrons. The summed E-state index contributed by atoms with van der Waals surface area (Å²) in [5.41, 5.74) is 3.35. The van der Waals surface area contributed by atoms with Crippen LogP contribution in [0.2, 0.25) is 0 Å². The van der Waals surface area contributed by atoms with E-state index in [4.69, 9.17) is 4.74 Å². The van der Waals surface area contributed by atoms with Gasteiger partial charge in [-0.15, -0.1) is 0 Å². The Kier molecular flexibility index (Phi) is 4.74. The first-order chi connectivity index (χ1) is 11.3. The molecule has 3 rings (SSSR count). The summed E-state index contributed by atoms with van der Waals surface area (Å²) in [6.07, 6.45) is 8.88. The zero-order chi connectivity index (χ0) is 17.5. The topological polar surface area (TPSA) is 46.5 Å². The molecule has 0 fully saturated rings. The van der Waals surface area contributed by atoms with Gasteiger partial charge in [0.15, 0.2) is 5.78 Å². The van der Waals surface area contributed by atoms with Crippen molar-refractivity contribution in [2.24, 2.45) is 11.8 Å². The molecule has 1 aliphatic heterocycles. The van der Waals surface area contributed by atoms with Crippen molar-refractivity contribution in [1.29, 1.82) is 0 Å². The minimum atomic E-state index is -0.833. The predicted octanol–water partition coefficient (Wildman–Crippen LogP) is 4.47. The molecule has 0 saturated heterocycles. The van der Waals surface area contributed by atoms with Gasteiger partial charge in [0.25, 0.3) is 0 Å². The highest BCUT2D eigenvalue weighted by molar-refractivity contribution is 6.00. The summed E-state index contributed by atoms with van der Waals surface area (Å²) in [6.45, 7) is 8.75. The van der Waals surface area contributed by atoms with E-state index in [-0.39, 0.29) is 17.3 Å². The molecule has 0 aromatic rings. The van der Waals surface area contributed by atoms with Gasteiger partial charge in [-0.05, 0) is 52.4 Å². The van der Waals surface area contributed by atoms with Crippen molar-refractivity contribution in [2.45, 2.75) is 77.9 Å². The zero-order valence-electron chi connectivity index (χ0n) is 15.4. The highest BCUT2D eigenvalue weighted by Crippen LogP contribution is 2.51. The minimum Gasteiger partial charge on any atom is -0.491 e. The first kappa shape index (κ1) is 17.5. The standard InChI is InChI=1S/C21H30O3/c1-13(2)6-5-7-14(3)15-10-11-21(4)17(15)12-16-19(24-21)9-8-18(22)20(16)23/h6,10,14,17-18,22H,5,7-9,11-12H2,1-4H3/t14-,17+,18+,21-/m0/s1. The number of ether oxygens (including phenoxy) is 1. The molecule has 1 N–H and O–H groups in total. The molecule has 4 atom stereocenters. The van der Waals surface area contributed by atoms with Gasteiger partial charge in [-0.3, -0.25) is 4.79 Å². The molecule has 3 heteroatoms. The number of allylic oxidation sites excluding steroid dienone is 3. The van der Waals surface area contributed by atoms with E-state index in [9.17, 15) is 9.90 Å². The summed E-state index contributed by atoms with van der Waals surface area (Å²) in [5.74, 6) is 1.51. The van der Waals surface area contributed by atoms with Crippen molar-refractivity contribution in [2.75, 3.05) is 0 Å². The van der Waals surface area contributed by atoms with Crippen LogP contribution in [0.15, 0.2) is 34.6 Å². The van der Waals surface area contributed by atoms with Gasteiger partial charge in [0, 0.05) is 24.3 Å². The number of aliphatic hydroxyl groups excluding tert-OH is 1. The van der Waals surface area contributed by atoms with Gasteiger partial charge in [0.1, 0.15) is 17.5 Å². The smallest absolute Gasteiger partial charge is 0.190 e. The summed E-state index contributed by atoms with van der Waals surface area (Å²) < 4.78 is 6.33. The van der Waals surface area contributed by atoms with Gasteiger partial charge in [-0.25, -0.2) is 0 Å². The molecule has 0 amide bonds. The minimum absolute atomic E-state index is 0.109. The van der Waals surface area contributed by atoms with Crippen LogP contribution in [0.1, 0.15) is 66.2 Å². The molecule has 2 aliphatic carbocycles. The van der Waals surface area contributed by atoms with Crippen LogP contribution in [-0.4, -0.2) is 22.6 Å². The highest BCUT2D eigenvalue weighted by Gasteiger charge is 2.49. The fraction of sp³-hybridized carbons (Fsp3) is 0.667. The van der Waals surface area contributed by atoms with Gasteiger partial charge in [-0.2, -0.15) is 0 Å². The van der Waals surface area contributed by atoms with Crippen LogP contribution in [0.25, 0.3) is 0 Å². The monoisotopic (exact) mass is 330 g/mol. The molecule has 0 aromatic heterocycles. The number of carbonyl (C=O) groups is 1. The summed E-state index contributed by atoms with van der Waals surface area (Å²) in [6, 6.07) is 0.